The van der Waals surface area contributed by atoms with Crippen LogP contribution in [0, 0.1) is 19.8 Å². The van der Waals surface area contributed by atoms with E-state index in [1.807, 2.05) is 32.0 Å². The molecule has 8 nitrogen and oxygen atoms in total. The van der Waals surface area contributed by atoms with Crippen LogP contribution in [0.3, 0.4) is 0 Å². The number of aryl methyl sites for hydroxylation is 4. The fraction of sp³-hybridized carbons (Fsp3) is 0.321. The highest BCUT2D eigenvalue weighted by molar-refractivity contribution is 6.03. The Morgan fingerprint density at radius 1 is 1.08 bits per heavy atom. The maximum atomic E-state index is 13.5. The molecule has 0 aliphatic heterocycles. The summed E-state index contributed by atoms with van der Waals surface area (Å²) in [6.07, 6.45) is -0.782. The van der Waals surface area contributed by atoms with Crippen LogP contribution in [0.4, 0.5) is 13.2 Å². The first-order chi connectivity index (χ1) is 18.3. The number of nitrogens with one attached hydrogen (secondary N) is 2. The smallest absolute Gasteiger partial charge is 0.408 e. The fourth-order valence-electron chi connectivity index (χ4n) is 4.75. The van der Waals surface area contributed by atoms with E-state index in [1.54, 1.807) is 7.05 Å². The number of hydrogen-bond acceptors (Lipinski definition) is 4. The van der Waals surface area contributed by atoms with E-state index in [0.717, 1.165) is 11.1 Å². The van der Waals surface area contributed by atoms with Gasteiger partial charge in [0.2, 0.25) is 0 Å². The normalized spacial score (nSPS) is 14.4. The molecule has 3 heterocycles. The van der Waals surface area contributed by atoms with E-state index in [4.69, 9.17) is 4.74 Å². The molecule has 5 rings (SSSR count). The van der Waals surface area contributed by atoms with Crippen molar-refractivity contribution in [3.63, 3.8) is 0 Å². The number of rotatable bonds is 6. The molecule has 0 radical (unpaired) electrons. The lowest BCUT2D eigenvalue weighted by Gasteiger charge is -2.20. The van der Waals surface area contributed by atoms with E-state index >= 15 is 0 Å². The molecule has 3 aromatic heterocycles. The summed E-state index contributed by atoms with van der Waals surface area (Å²) in [5, 5.41) is 2.36. The molecular formula is C28H31F3N4O4. The quantitative estimate of drug-likeness (QED) is 0.349. The summed E-state index contributed by atoms with van der Waals surface area (Å²) in [6.45, 7) is 3.78. The Hall–Kier alpha value is -4.28. The van der Waals surface area contributed by atoms with Crippen LogP contribution in [-0.2, 0) is 14.1 Å². The second-order valence-electron chi connectivity index (χ2n) is 10.1. The maximum Gasteiger partial charge on any atom is 0.408 e. The molecule has 11 heteroatoms. The van der Waals surface area contributed by atoms with Crippen LogP contribution in [0.1, 0.15) is 37.3 Å². The van der Waals surface area contributed by atoms with Crippen molar-refractivity contribution in [2.24, 2.45) is 20.0 Å². The molecule has 1 aromatic carbocycles. The second kappa shape index (κ2) is 9.48. The Kier molecular flexibility index (Phi) is 6.40. The Bertz CT molecular complexity index is 1720. The summed E-state index contributed by atoms with van der Waals surface area (Å²) < 4.78 is 49.5. The zero-order chi connectivity index (χ0) is 28.2. The number of aromatic nitrogens is 3. The van der Waals surface area contributed by atoms with E-state index in [-0.39, 0.29) is 25.0 Å². The SMILES string of the molecule is Cc1cccc(C)c1Oc1cn(C)c(=O)cc1-c1cn(C)c(=O)c2[nH]c(C(=O)N[C@H](C3CC3)C(F)(F)F)cc12.[HH].[HH]. The standard InChI is InChI=1S/C28H27F3N4O4.2H2/c1-14-6-5-7-15(2)24(14)39-21-13-34(3)22(36)11-17(21)19-12-35(4)27(38)23-18(19)10-20(32-23)26(37)33-25(16-8-9-16)28(29,30)31;;/h5-7,10-13,16,25,32H,8-9H2,1-4H3,(H,33,37);2*1H/t25-;;/m1../s1. The molecule has 1 saturated carbocycles. The van der Waals surface area contributed by atoms with Crippen molar-refractivity contribution < 1.29 is 25.6 Å². The summed E-state index contributed by atoms with van der Waals surface area (Å²) >= 11 is 0. The van der Waals surface area contributed by atoms with Crippen LogP contribution in [-0.4, -0.2) is 32.2 Å². The van der Waals surface area contributed by atoms with Crippen molar-refractivity contribution >= 4 is 16.8 Å². The molecule has 0 unspecified atom stereocenters. The summed E-state index contributed by atoms with van der Waals surface area (Å²) in [6, 6.07) is 6.41. The van der Waals surface area contributed by atoms with E-state index in [1.165, 1.54) is 40.7 Å². The minimum absolute atomic E-state index is 0. The van der Waals surface area contributed by atoms with E-state index in [9.17, 15) is 27.6 Å². The van der Waals surface area contributed by atoms with Gasteiger partial charge in [0, 0.05) is 45.7 Å². The van der Waals surface area contributed by atoms with Crippen LogP contribution in [0.5, 0.6) is 11.5 Å². The van der Waals surface area contributed by atoms with Crippen LogP contribution in [0.25, 0.3) is 22.0 Å². The van der Waals surface area contributed by atoms with Gasteiger partial charge in [0.1, 0.15) is 23.0 Å². The van der Waals surface area contributed by atoms with Gasteiger partial charge in [-0.2, -0.15) is 13.2 Å². The molecule has 39 heavy (non-hydrogen) atoms. The number of nitrogens with zero attached hydrogens (tertiary/aromatic N) is 2. The molecule has 1 aliphatic carbocycles. The Balaban J connectivity index is 0.00000231. The highest BCUT2D eigenvalue weighted by Gasteiger charge is 2.49. The molecular weight excluding hydrogens is 513 g/mol. The van der Waals surface area contributed by atoms with Gasteiger partial charge in [-0.1, -0.05) is 18.2 Å². The number of fused-ring (bicyclic) bond motifs is 1. The van der Waals surface area contributed by atoms with Crippen LogP contribution < -0.4 is 21.2 Å². The third kappa shape index (κ3) is 4.96. The van der Waals surface area contributed by atoms with Gasteiger partial charge in [-0.05, 0) is 49.8 Å². The van der Waals surface area contributed by atoms with Crippen LogP contribution >= 0.6 is 0 Å². The zero-order valence-corrected chi connectivity index (χ0v) is 21.8. The predicted octanol–water partition coefficient (Wildman–Crippen LogP) is 5.20. The number of carbonyl (C=O) groups excluding carboxylic acids is 1. The molecule has 1 aliphatic rings. The lowest BCUT2D eigenvalue weighted by Crippen LogP contribution is -2.47. The van der Waals surface area contributed by atoms with Crippen LogP contribution in [0.2, 0.25) is 0 Å². The molecule has 2 N–H and O–H groups in total. The number of carbonyl (C=O) groups is 1. The summed E-state index contributed by atoms with van der Waals surface area (Å²) in [5.74, 6) is -0.699. The van der Waals surface area contributed by atoms with E-state index in [2.05, 4.69) is 10.3 Å². The second-order valence-corrected chi connectivity index (χ2v) is 10.1. The van der Waals surface area contributed by atoms with Gasteiger partial charge >= 0.3 is 6.18 Å². The average Bonchev–Trinajstić information content (AvgIpc) is 3.59. The van der Waals surface area contributed by atoms with Gasteiger partial charge in [-0.15, -0.1) is 0 Å². The lowest BCUT2D eigenvalue weighted by atomic mass is 10.0. The van der Waals surface area contributed by atoms with E-state index in [0.29, 0.717) is 35.5 Å². The number of pyridine rings is 2. The van der Waals surface area contributed by atoms with Gasteiger partial charge in [-0.25, -0.2) is 0 Å². The summed E-state index contributed by atoms with van der Waals surface area (Å²) in [5.41, 5.74) is 1.51. The Morgan fingerprint density at radius 3 is 2.36 bits per heavy atom. The molecule has 1 fully saturated rings. The predicted molar refractivity (Wildman–Crippen MR) is 144 cm³/mol. The lowest BCUT2D eigenvalue weighted by molar-refractivity contribution is -0.158. The van der Waals surface area contributed by atoms with Gasteiger partial charge in [0.05, 0.1) is 6.20 Å². The number of benzene rings is 1. The number of hydrogen-bond donors (Lipinski definition) is 2. The van der Waals surface area contributed by atoms with Gasteiger partial charge in [0.25, 0.3) is 17.0 Å². The number of alkyl halides is 3. The fourth-order valence-corrected chi connectivity index (χ4v) is 4.75. The van der Waals surface area contributed by atoms with Crippen molar-refractivity contribution in [2.45, 2.75) is 38.9 Å². The first-order valence-electron chi connectivity index (χ1n) is 12.4. The molecule has 4 aromatic rings. The van der Waals surface area contributed by atoms with Crippen molar-refractivity contribution in [2.75, 3.05) is 0 Å². The number of amides is 1. The highest BCUT2D eigenvalue weighted by Crippen LogP contribution is 2.41. The monoisotopic (exact) mass is 544 g/mol. The highest BCUT2D eigenvalue weighted by atomic mass is 19.4. The number of ether oxygens (including phenoxy) is 1. The third-order valence-electron chi connectivity index (χ3n) is 7.04. The minimum Gasteiger partial charge on any atom is -0.455 e. The molecule has 0 spiro atoms. The molecule has 208 valence electrons. The van der Waals surface area contributed by atoms with Crippen molar-refractivity contribution in [1.82, 2.24) is 19.4 Å². The number of para-hydroxylation sites is 1. The average molecular weight is 545 g/mol. The summed E-state index contributed by atoms with van der Waals surface area (Å²) in [7, 11) is 3.08. The Morgan fingerprint density at radius 2 is 1.74 bits per heavy atom. The van der Waals surface area contributed by atoms with Crippen LogP contribution in [0.15, 0.2) is 52.3 Å². The maximum absolute atomic E-state index is 13.5. The molecule has 1 amide bonds. The zero-order valence-electron chi connectivity index (χ0n) is 21.8. The third-order valence-corrected chi connectivity index (χ3v) is 7.04. The number of aromatic amines is 1. The van der Waals surface area contributed by atoms with Gasteiger partial charge in [0.15, 0.2) is 5.75 Å². The van der Waals surface area contributed by atoms with Crippen molar-refractivity contribution in [3.8, 4) is 22.6 Å². The topological polar surface area (TPSA) is 98.1 Å². The largest absolute Gasteiger partial charge is 0.455 e. The van der Waals surface area contributed by atoms with Crippen molar-refractivity contribution in [1.29, 1.82) is 0 Å². The van der Waals surface area contributed by atoms with E-state index < -0.39 is 29.6 Å². The first-order valence-corrected chi connectivity index (χ1v) is 12.4. The number of H-pyrrole nitrogens is 1. The number of halogens is 3. The first kappa shape index (κ1) is 26.3. The minimum atomic E-state index is -4.59. The Labute approximate surface area is 224 Å². The molecule has 0 saturated heterocycles. The van der Waals surface area contributed by atoms with Gasteiger partial charge < -0.3 is 24.2 Å². The van der Waals surface area contributed by atoms with Gasteiger partial charge in [-0.3, -0.25) is 14.4 Å². The molecule has 1 atom stereocenters. The summed E-state index contributed by atoms with van der Waals surface area (Å²) in [4.78, 5) is 41.3. The van der Waals surface area contributed by atoms with Crippen molar-refractivity contribution in [3.05, 3.63) is 80.3 Å². The molecule has 0 bridgehead atoms.